The Hall–Kier alpha value is -2.51. The first kappa shape index (κ1) is 17.8. The van der Waals surface area contributed by atoms with Crippen molar-refractivity contribution in [3.05, 3.63) is 54.1 Å². The second kappa shape index (κ2) is 7.85. The van der Waals surface area contributed by atoms with Gasteiger partial charge in [0, 0.05) is 16.8 Å². The SMILES string of the molecule is Cc1cccc(-c2ccccc2N(C(C=O)CC(=O)O)S(=O)[O-])c1. The zero-order valence-electron chi connectivity index (χ0n) is 12.9. The molecule has 0 fully saturated rings. The first-order valence-corrected chi connectivity index (χ1v) is 8.19. The molecule has 2 aromatic carbocycles. The Morgan fingerprint density at radius 2 is 2.00 bits per heavy atom. The highest BCUT2D eigenvalue weighted by atomic mass is 32.2. The predicted octanol–water partition coefficient (Wildman–Crippen LogP) is 2.30. The number of aldehydes is 1. The van der Waals surface area contributed by atoms with Crippen LogP contribution in [-0.2, 0) is 20.9 Å². The summed E-state index contributed by atoms with van der Waals surface area (Å²) in [5, 5.41) is 8.93. The number of hydrogen-bond acceptors (Lipinski definition) is 4. The summed E-state index contributed by atoms with van der Waals surface area (Å²) in [5.74, 6) is -1.25. The standard InChI is InChI=1S/C17H17NO5S/c1-12-5-4-6-13(9-12)15-7-2-3-8-16(15)18(24(22)23)14(11-19)10-17(20)21/h2-9,11,14H,10H2,1H3,(H,20,21)(H,22,23)/p-1. The van der Waals surface area contributed by atoms with Gasteiger partial charge in [-0.15, -0.1) is 0 Å². The van der Waals surface area contributed by atoms with Crippen molar-refractivity contribution in [2.45, 2.75) is 19.4 Å². The van der Waals surface area contributed by atoms with Gasteiger partial charge in [0.05, 0.1) is 12.1 Å². The minimum Gasteiger partial charge on any atom is -0.755 e. The quantitative estimate of drug-likeness (QED) is 0.613. The lowest BCUT2D eigenvalue weighted by Gasteiger charge is -2.32. The number of anilines is 1. The summed E-state index contributed by atoms with van der Waals surface area (Å²) in [5.41, 5.74) is 2.63. The van der Waals surface area contributed by atoms with Crippen LogP contribution in [0.3, 0.4) is 0 Å². The zero-order chi connectivity index (χ0) is 17.7. The Morgan fingerprint density at radius 3 is 2.58 bits per heavy atom. The third kappa shape index (κ3) is 4.06. The first-order chi connectivity index (χ1) is 11.4. The molecule has 0 heterocycles. The van der Waals surface area contributed by atoms with Crippen molar-refractivity contribution in [2.75, 3.05) is 4.31 Å². The van der Waals surface area contributed by atoms with Crippen molar-refractivity contribution in [1.82, 2.24) is 0 Å². The third-order valence-electron chi connectivity index (χ3n) is 3.47. The summed E-state index contributed by atoms with van der Waals surface area (Å²) in [7, 11) is 0. The fourth-order valence-electron chi connectivity index (χ4n) is 2.46. The van der Waals surface area contributed by atoms with Gasteiger partial charge in [-0.1, -0.05) is 48.0 Å². The molecule has 6 nitrogen and oxygen atoms in total. The maximum absolute atomic E-state index is 11.7. The van der Waals surface area contributed by atoms with E-state index in [-0.39, 0.29) is 5.69 Å². The van der Waals surface area contributed by atoms with Crippen molar-refractivity contribution in [3.63, 3.8) is 0 Å². The second-order valence-electron chi connectivity index (χ2n) is 5.23. The van der Waals surface area contributed by atoms with Gasteiger partial charge in [0.25, 0.3) is 0 Å². The summed E-state index contributed by atoms with van der Waals surface area (Å²) in [6.45, 7) is 1.91. The largest absolute Gasteiger partial charge is 0.755 e. The predicted molar refractivity (Wildman–Crippen MR) is 90.1 cm³/mol. The molecule has 0 aliphatic carbocycles. The van der Waals surface area contributed by atoms with Crippen LogP contribution in [0.4, 0.5) is 5.69 Å². The normalized spacial score (nSPS) is 13.1. The van der Waals surface area contributed by atoms with Gasteiger partial charge in [-0.2, -0.15) is 0 Å². The number of aryl methyl sites for hydroxylation is 1. The van der Waals surface area contributed by atoms with E-state index in [0.29, 0.717) is 11.8 Å². The van der Waals surface area contributed by atoms with E-state index in [2.05, 4.69) is 0 Å². The molecule has 0 aromatic heterocycles. The van der Waals surface area contributed by atoms with Crippen LogP contribution in [-0.4, -0.2) is 32.2 Å². The minimum atomic E-state index is -2.80. The number of para-hydroxylation sites is 1. The molecule has 126 valence electrons. The molecule has 2 rings (SSSR count). The van der Waals surface area contributed by atoms with Crippen molar-refractivity contribution < 1.29 is 23.5 Å². The van der Waals surface area contributed by atoms with Gasteiger partial charge in [-0.3, -0.25) is 13.3 Å². The lowest BCUT2D eigenvalue weighted by Crippen LogP contribution is -2.39. The highest BCUT2D eigenvalue weighted by Gasteiger charge is 2.24. The number of carbonyl (C=O) groups excluding carboxylic acids is 1. The van der Waals surface area contributed by atoms with Crippen LogP contribution in [0.2, 0.25) is 0 Å². The van der Waals surface area contributed by atoms with E-state index in [4.69, 9.17) is 5.11 Å². The van der Waals surface area contributed by atoms with Gasteiger partial charge in [0.2, 0.25) is 0 Å². The maximum atomic E-state index is 11.7. The number of carboxylic acids is 1. The van der Waals surface area contributed by atoms with Gasteiger partial charge in [0.1, 0.15) is 12.3 Å². The molecule has 7 heteroatoms. The van der Waals surface area contributed by atoms with E-state index in [9.17, 15) is 18.4 Å². The molecule has 0 aliphatic rings. The maximum Gasteiger partial charge on any atom is 0.305 e. The molecule has 0 spiro atoms. The monoisotopic (exact) mass is 346 g/mol. The summed E-state index contributed by atoms with van der Waals surface area (Å²) >= 11 is -2.80. The first-order valence-electron chi connectivity index (χ1n) is 7.15. The minimum absolute atomic E-state index is 0.259. The molecule has 1 N–H and O–H groups in total. The Labute approximate surface area is 142 Å². The van der Waals surface area contributed by atoms with Crippen LogP contribution in [0.15, 0.2) is 48.5 Å². The summed E-state index contributed by atoms with van der Waals surface area (Å²) < 4.78 is 24.2. The number of carboxylic acid groups (broad SMARTS) is 1. The van der Waals surface area contributed by atoms with Crippen molar-refractivity contribution >= 4 is 29.2 Å². The molecular formula is C17H16NO5S-. The number of rotatable bonds is 7. The second-order valence-corrected chi connectivity index (χ2v) is 6.06. The van der Waals surface area contributed by atoms with Gasteiger partial charge in [-0.25, -0.2) is 0 Å². The molecule has 0 saturated carbocycles. The molecule has 2 aromatic rings. The molecule has 24 heavy (non-hydrogen) atoms. The van der Waals surface area contributed by atoms with Crippen LogP contribution >= 0.6 is 0 Å². The average Bonchev–Trinajstić information content (AvgIpc) is 2.54. The van der Waals surface area contributed by atoms with E-state index >= 15 is 0 Å². The molecule has 0 radical (unpaired) electrons. The number of benzene rings is 2. The summed E-state index contributed by atoms with van der Waals surface area (Å²) in [4.78, 5) is 22.2. The molecule has 0 bridgehead atoms. The molecule has 0 amide bonds. The van der Waals surface area contributed by atoms with E-state index in [1.165, 1.54) is 0 Å². The highest BCUT2D eigenvalue weighted by molar-refractivity contribution is 7.80. The molecular weight excluding hydrogens is 330 g/mol. The Bertz CT molecular complexity index is 777. The van der Waals surface area contributed by atoms with E-state index in [1.54, 1.807) is 24.3 Å². The van der Waals surface area contributed by atoms with E-state index < -0.39 is 29.7 Å². The molecule has 2 unspecified atom stereocenters. The van der Waals surface area contributed by atoms with Crippen molar-refractivity contribution in [2.24, 2.45) is 0 Å². The fourth-order valence-corrected chi connectivity index (χ4v) is 3.12. The fraction of sp³-hybridized carbons (Fsp3) is 0.176. The van der Waals surface area contributed by atoms with E-state index in [0.717, 1.165) is 15.4 Å². The summed E-state index contributed by atoms with van der Waals surface area (Å²) in [6.07, 6.45) is -0.281. The molecule has 0 aliphatic heterocycles. The van der Waals surface area contributed by atoms with Gasteiger partial charge < -0.3 is 14.5 Å². The van der Waals surface area contributed by atoms with Gasteiger partial charge >= 0.3 is 5.97 Å². The van der Waals surface area contributed by atoms with Crippen LogP contribution in [0, 0.1) is 6.92 Å². The Kier molecular flexibility index (Phi) is 5.83. The van der Waals surface area contributed by atoms with Crippen LogP contribution in [0.5, 0.6) is 0 Å². The number of hydrogen-bond donors (Lipinski definition) is 1. The summed E-state index contributed by atoms with van der Waals surface area (Å²) in [6, 6.07) is 12.8. The lowest BCUT2D eigenvalue weighted by atomic mass is 10.0. The van der Waals surface area contributed by atoms with Crippen molar-refractivity contribution in [3.8, 4) is 11.1 Å². The van der Waals surface area contributed by atoms with Crippen LogP contribution < -0.4 is 4.31 Å². The smallest absolute Gasteiger partial charge is 0.305 e. The average molecular weight is 346 g/mol. The third-order valence-corrected chi connectivity index (χ3v) is 4.26. The zero-order valence-corrected chi connectivity index (χ0v) is 13.7. The number of aliphatic carboxylic acids is 1. The highest BCUT2D eigenvalue weighted by Crippen LogP contribution is 2.33. The lowest BCUT2D eigenvalue weighted by molar-refractivity contribution is -0.138. The van der Waals surface area contributed by atoms with Crippen LogP contribution in [0.25, 0.3) is 11.1 Å². The number of carbonyl (C=O) groups is 2. The Morgan fingerprint density at radius 1 is 1.29 bits per heavy atom. The molecule has 2 atom stereocenters. The van der Waals surface area contributed by atoms with Gasteiger partial charge in [0.15, 0.2) is 0 Å². The number of nitrogens with zero attached hydrogens (tertiary/aromatic N) is 1. The Balaban J connectivity index is 2.57. The van der Waals surface area contributed by atoms with Crippen molar-refractivity contribution in [1.29, 1.82) is 0 Å². The topological polar surface area (TPSA) is 97.7 Å². The van der Waals surface area contributed by atoms with Crippen LogP contribution in [0.1, 0.15) is 12.0 Å². The molecule has 0 saturated heterocycles. The van der Waals surface area contributed by atoms with E-state index in [1.807, 2.05) is 31.2 Å². The van der Waals surface area contributed by atoms with Gasteiger partial charge in [-0.05, 0) is 18.6 Å².